The maximum Gasteiger partial charge on any atom is 0.310 e. The predicted molar refractivity (Wildman–Crippen MR) is 83.3 cm³/mol. The molecule has 21 heavy (non-hydrogen) atoms. The van der Waals surface area contributed by atoms with Crippen molar-refractivity contribution in [1.82, 2.24) is 4.90 Å². The molecule has 3 atom stereocenters. The number of carbonyl (C=O) groups is 1. The summed E-state index contributed by atoms with van der Waals surface area (Å²) in [5.74, 6) is -0.258. The van der Waals surface area contributed by atoms with Crippen molar-refractivity contribution in [3.63, 3.8) is 0 Å². The van der Waals surface area contributed by atoms with Gasteiger partial charge in [0.05, 0.1) is 5.92 Å². The smallest absolute Gasteiger partial charge is 0.310 e. The SMILES string of the molecule is CC(C(=O)O)c1ccc(CN2CCCC3CCCC32)cc1. The molecule has 1 aromatic rings. The largest absolute Gasteiger partial charge is 0.481 e. The Morgan fingerprint density at radius 1 is 1.24 bits per heavy atom. The molecule has 0 amide bonds. The molecule has 1 saturated heterocycles. The summed E-state index contributed by atoms with van der Waals surface area (Å²) in [5.41, 5.74) is 2.20. The third-order valence-corrected chi connectivity index (χ3v) is 5.34. The molecule has 3 rings (SSSR count). The number of benzene rings is 1. The van der Waals surface area contributed by atoms with Gasteiger partial charge in [-0.15, -0.1) is 0 Å². The highest BCUT2D eigenvalue weighted by Crippen LogP contribution is 2.37. The van der Waals surface area contributed by atoms with E-state index in [1.54, 1.807) is 6.92 Å². The molecule has 0 bridgehead atoms. The second-order valence-corrected chi connectivity index (χ2v) is 6.67. The summed E-state index contributed by atoms with van der Waals surface area (Å²) >= 11 is 0. The van der Waals surface area contributed by atoms with Crippen LogP contribution in [0.5, 0.6) is 0 Å². The van der Waals surface area contributed by atoms with Gasteiger partial charge in [-0.05, 0) is 56.2 Å². The van der Waals surface area contributed by atoms with E-state index in [0.29, 0.717) is 0 Å². The summed E-state index contributed by atoms with van der Waals surface area (Å²) in [6.07, 6.45) is 6.90. The third-order valence-electron chi connectivity index (χ3n) is 5.34. The Bertz CT molecular complexity index is 496. The third kappa shape index (κ3) is 3.13. The molecule has 1 heterocycles. The maximum absolute atomic E-state index is 11.0. The highest BCUT2D eigenvalue weighted by molar-refractivity contribution is 5.75. The first-order valence-electron chi connectivity index (χ1n) is 8.21. The van der Waals surface area contributed by atoms with Crippen LogP contribution in [0, 0.1) is 5.92 Å². The van der Waals surface area contributed by atoms with Crippen molar-refractivity contribution in [2.24, 2.45) is 5.92 Å². The number of piperidine rings is 1. The number of aliphatic carboxylic acids is 1. The quantitative estimate of drug-likeness (QED) is 0.919. The molecule has 1 aliphatic carbocycles. The molecule has 114 valence electrons. The van der Waals surface area contributed by atoms with Crippen LogP contribution in [0.25, 0.3) is 0 Å². The van der Waals surface area contributed by atoms with E-state index in [2.05, 4.69) is 17.0 Å². The molecule has 0 radical (unpaired) electrons. The summed E-state index contributed by atoms with van der Waals surface area (Å²) < 4.78 is 0. The fourth-order valence-electron chi connectivity index (χ4n) is 4.04. The Hall–Kier alpha value is -1.35. The Morgan fingerprint density at radius 3 is 2.67 bits per heavy atom. The minimum atomic E-state index is -0.757. The fraction of sp³-hybridized carbons (Fsp3) is 0.611. The van der Waals surface area contributed by atoms with E-state index < -0.39 is 11.9 Å². The van der Waals surface area contributed by atoms with Crippen molar-refractivity contribution in [2.75, 3.05) is 6.54 Å². The molecular formula is C18H25NO2. The molecule has 3 nitrogen and oxygen atoms in total. The van der Waals surface area contributed by atoms with Gasteiger partial charge in [0.1, 0.15) is 0 Å². The van der Waals surface area contributed by atoms with Gasteiger partial charge < -0.3 is 5.11 Å². The summed E-state index contributed by atoms with van der Waals surface area (Å²) in [4.78, 5) is 13.7. The number of likely N-dealkylation sites (tertiary alicyclic amines) is 1. The van der Waals surface area contributed by atoms with Crippen molar-refractivity contribution in [1.29, 1.82) is 0 Å². The molecule has 1 aliphatic heterocycles. The van der Waals surface area contributed by atoms with Gasteiger partial charge in [-0.3, -0.25) is 9.69 Å². The molecule has 2 fully saturated rings. The number of hydrogen-bond donors (Lipinski definition) is 1. The first-order valence-corrected chi connectivity index (χ1v) is 8.21. The average Bonchev–Trinajstić information content (AvgIpc) is 2.97. The fourth-order valence-corrected chi connectivity index (χ4v) is 4.04. The molecule has 1 aromatic carbocycles. The second-order valence-electron chi connectivity index (χ2n) is 6.67. The minimum Gasteiger partial charge on any atom is -0.481 e. The monoisotopic (exact) mass is 287 g/mol. The summed E-state index contributed by atoms with van der Waals surface area (Å²) in [6.45, 7) is 3.97. The zero-order valence-electron chi connectivity index (χ0n) is 12.8. The lowest BCUT2D eigenvalue weighted by atomic mass is 9.91. The first-order chi connectivity index (χ1) is 10.1. The van der Waals surface area contributed by atoms with Crippen molar-refractivity contribution in [3.8, 4) is 0 Å². The van der Waals surface area contributed by atoms with E-state index in [0.717, 1.165) is 24.1 Å². The van der Waals surface area contributed by atoms with Crippen molar-refractivity contribution >= 4 is 5.97 Å². The van der Waals surface area contributed by atoms with Gasteiger partial charge in [-0.1, -0.05) is 30.7 Å². The van der Waals surface area contributed by atoms with Crippen LogP contribution in [0.1, 0.15) is 56.1 Å². The van der Waals surface area contributed by atoms with E-state index in [1.807, 2.05) is 12.1 Å². The van der Waals surface area contributed by atoms with Crippen LogP contribution in [0.15, 0.2) is 24.3 Å². The summed E-state index contributed by atoms with van der Waals surface area (Å²) in [6, 6.07) is 8.95. The van der Waals surface area contributed by atoms with Gasteiger partial charge in [0.25, 0.3) is 0 Å². The maximum atomic E-state index is 11.0. The average molecular weight is 287 g/mol. The second kappa shape index (κ2) is 6.18. The number of hydrogen-bond acceptors (Lipinski definition) is 2. The number of rotatable bonds is 4. The molecule has 3 heteroatoms. The van der Waals surface area contributed by atoms with E-state index in [9.17, 15) is 4.79 Å². The standard InChI is InChI=1S/C18H25NO2/c1-13(18(20)21)15-9-7-14(8-10-15)12-19-11-3-5-16-4-2-6-17(16)19/h7-10,13,16-17H,2-6,11-12H2,1H3,(H,20,21). The van der Waals surface area contributed by atoms with Crippen LogP contribution in [-0.4, -0.2) is 28.6 Å². The number of carboxylic acids is 1. The first kappa shape index (κ1) is 14.6. The van der Waals surface area contributed by atoms with Gasteiger partial charge in [0, 0.05) is 12.6 Å². The Morgan fingerprint density at radius 2 is 1.95 bits per heavy atom. The van der Waals surface area contributed by atoms with Crippen LogP contribution in [-0.2, 0) is 11.3 Å². The van der Waals surface area contributed by atoms with Crippen LogP contribution in [0.3, 0.4) is 0 Å². The summed E-state index contributed by atoms with van der Waals surface area (Å²) in [7, 11) is 0. The van der Waals surface area contributed by atoms with E-state index >= 15 is 0 Å². The van der Waals surface area contributed by atoms with E-state index in [1.165, 1.54) is 44.2 Å². The molecule has 0 spiro atoms. The van der Waals surface area contributed by atoms with Crippen LogP contribution in [0.4, 0.5) is 0 Å². The van der Waals surface area contributed by atoms with Crippen molar-refractivity contribution in [3.05, 3.63) is 35.4 Å². The topological polar surface area (TPSA) is 40.5 Å². The lowest BCUT2D eigenvalue weighted by Crippen LogP contribution is -2.41. The Kier molecular flexibility index (Phi) is 4.29. The molecular weight excluding hydrogens is 262 g/mol. The Balaban J connectivity index is 1.66. The van der Waals surface area contributed by atoms with Crippen LogP contribution in [0.2, 0.25) is 0 Å². The van der Waals surface area contributed by atoms with Gasteiger partial charge in [-0.25, -0.2) is 0 Å². The lowest BCUT2D eigenvalue weighted by Gasteiger charge is -2.37. The number of carboxylic acid groups (broad SMARTS) is 1. The zero-order valence-corrected chi connectivity index (χ0v) is 12.8. The van der Waals surface area contributed by atoms with Crippen LogP contribution < -0.4 is 0 Å². The normalized spacial score (nSPS) is 27.3. The van der Waals surface area contributed by atoms with Gasteiger partial charge >= 0.3 is 5.97 Å². The molecule has 0 aromatic heterocycles. The zero-order chi connectivity index (χ0) is 14.8. The van der Waals surface area contributed by atoms with Gasteiger partial charge in [-0.2, -0.15) is 0 Å². The van der Waals surface area contributed by atoms with Gasteiger partial charge in [0.2, 0.25) is 0 Å². The highest BCUT2D eigenvalue weighted by Gasteiger charge is 2.34. The minimum absolute atomic E-state index is 0.423. The lowest BCUT2D eigenvalue weighted by molar-refractivity contribution is -0.138. The molecule has 2 aliphatic rings. The predicted octanol–water partition coefficient (Wildman–Crippen LogP) is 3.64. The summed E-state index contributed by atoms with van der Waals surface area (Å²) in [5, 5.41) is 9.06. The number of nitrogens with zero attached hydrogens (tertiary/aromatic N) is 1. The molecule has 1 saturated carbocycles. The van der Waals surface area contributed by atoms with E-state index in [-0.39, 0.29) is 0 Å². The van der Waals surface area contributed by atoms with Crippen molar-refractivity contribution in [2.45, 2.75) is 57.5 Å². The van der Waals surface area contributed by atoms with Gasteiger partial charge in [0.15, 0.2) is 0 Å². The van der Waals surface area contributed by atoms with Crippen LogP contribution >= 0.6 is 0 Å². The van der Waals surface area contributed by atoms with Crippen molar-refractivity contribution < 1.29 is 9.90 Å². The van der Waals surface area contributed by atoms with E-state index in [4.69, 9.17) is 5.11 Å². The molecule has 1 N–H and O–H groups in total. The number of fused-ring (bicyclic) bond motifs is 1. The molecule has 3 unspecified atom stereocenters. The Labute approximate surface area is 127 Å². The highest BCUT2D eigenvalue weighted by atomic mass is 16.4.